The van der Waals surface area contributed by atoms with Gasteiger partial charge in [-0.2, -0.15) is 0 Å². The van der Waals surface area contributed by atoms with E-state index in [0.29, 0.717) is 28.1 Å². The lowest BCUT2D eigenvalue weighted by atomic mass is 10.1. The average Bonchev–Trinajstić information content (AvgIpc) is 3.18. The number of rotatable bonds is 3. The van der Waals surface area contributed by atoms with Gasteiger partial charge in [-0.25, -0.2) is 4.98 Å². The second kappa shape index (κ2) is 6.86. The molecule has 2 aromatic carbocycles. The van der Waals surface area contributed by atoms with Crippen LogP contribution in [0.4, 0.5) is 5.69 Å². The summed E-state index contributed by atoms with van der Waals surface area (Å²) in [7, 11) is 0. The first kappa shape index (κ1) is 16.7. The molecule has 0 fully saturated rings. The highest BCUT2D eigenvalue weighted by atomic mass is 79.9. The summed E-state index contributed by atoms with van der Waals surface area (Å²) in [4.78, 5) is 28.8. The van der Waals surface area contributed by atoms with Crippen molar-refractivity contribution in [2.45, 2.75) is 0 Å². The van der Waals surface area contributed by atoms with Crippen molar-refractivity contribution >= 4 is 49.8 Å². The molecule has 5 nitrogen and oxygen atoms in total. The molecule has 4 rings (SSSR count). The minimum absolute atomic E-state index is 0.172. The smallest absolute Gasteiger partial charge is 0.275 e. The Balaban J connectivity index is 1.82. The lowest BCUT2D eigenvalue weighted by Crippen LogP contribution is -2.13. The van der Waals surface area contributed by atoms with Crippen molar-refractivity contribution in [1.82, 2.24) is 4.98 Å². The topological polar surface area (TPSA) is 72.2 Å². The number of anilines is 1. The summed E-state index contributed by atoms with van der Waals surface area (Å²) in [6, 6.07) is 14.0. The molecular weight excluding hydrogens is 416 g/mol. The molecular formula is C19H11BrN2O3S. The van der Waals surface area contributed by atoms with Gasteiger partial charge < -0.3 is 9.73 Å². The van der Waals surface area contributed by atoms with Gasteiger partial charge in [-0.05, 0) is 24.3 Å². The molecule has 1 N–H and O–H groups in total. The van der Waals surface area contributed by atoms with Crippen LogP contribution >= 0.6 is 27.3 Å². The number of carbonyl (C=O) groups is 1. The van der Waals surface area contributed by atoms with E-state index in [1.54, 1.807) is 29.1 Å². The molecule has 0 unspecified atom stereocenters. The lowest BCUT2D eigenvalue weighted by Gasteiger charge is -2.08. The molecule has 26 heavy (non-hydrogen) atoms. The van der Waals surface area contributed by atoms with E-state index in [-0.39, 0.29) is 11.3 Å². The minimum Gasteiger partial charge on any atom is -0.454 e. The van der Waals surface area contributed by atoms with Crippen molar-refractivity contribution < 1.29 is 9.21 Å². The zero-order valence-corrected chi connectivity index (χ0v) is 15.6. The zero-order valence-electron chi connectivity index (χ0n) is 13.2. The monoisotopic (exact) mass is 426 g/mol. The van der Waals surface area contributed by atoms with Crippen molar-refractivity contribution in [2.24, 2.45) is 0 Å². The molecule has 7 heteroatoms. The van der Waals surface area contributed by atoms with E-state index >= 15 is 0 Å². The van der Waals surface area contributed by atoms with Gasteiger partial charge in [0.15, 0.2) is 11.0 Å². The molecule has 0 spiro atoms. The molecule has 4 aromatic rings. The predicted octanol–water partition coefficient (Wildman–Crippen LogP) is 4.93. The van der Waals surface area contributed by atoms with Crippen LogP contribution in [0.25, 0.3) is 22.3 Å². The number of benzene rings is 2. The zero-order chi connectivity index (χ0) is 18.1. The first-order chi connectivity index (χ1) is 12.6. The van der Waals surface area contributed by atoms with Gasteiger partial charge in [0.05, 0.1) is 16.6 Å². The number of carbonyl (C=O) groups excluding carboxylic acids is 1. The molecule has 0 aliphatic rings. The second-order valence-corrected chi connectivity index (χ2v) is 7.13. The normalized spacial score (nSPS) is 10.8. The summed E-state index contributed by atoms with van der Waals surface area (Å²) in [5.74, 6) is 0.0841. The lowest BCUT2D eigenvalue weighted by molar-refractivity contribution is 0.102. The van der Waals surface area contributed by atoms with E-state index < -0.39 is 0 Å². The van der Waals surface area contributed by atoms with E-state index in [1.807, 2.05) is 24.3 Å². The largest absolute Gasteiger partial charge is 0.454 e. The number of amides is 1. The Hall–Kier alpha value is -2.77. The molecule has 2 aromatic heterocycles. The highest BCUT2D eigenvalue weighted by Gasteiger charge is 2.14. The van der Waals surface area contributed by atoms with Crippen molar-refractivity contribution in [3.05, 3.63) is 79.8 Å². The summed E-state index contributed by atoms with van der Waals surface area (Å²) in [5, 5.41) is 4.83. The van der Waals surface area contributed by atoms with Crippen LogP contribution in [0.15, 0.2) is 73.1 Å². The summed E-state index contributed by atoms with van der Waals surface area (Å²) >= 11 is 4.72. The van der Waals surface area contributed by atoms with Crippen LogP contribution in [0.2, 0.25) is 0 Å². The maximum absolute atomic E-state index is 12.5. The van der Waals surface area contributed by atoms with Crippen LogP contribution in [0, 0.1) is 0 Å². The number of halogens is 1. The Labute approximate surface area is 160 Å². The number of nitrogens with zero attached hydrogens (tertiary/aromatic N) is 1. The number of para-hydroxylation sites is 1. The third-order valence-corrected chi connectivity index (χ3v) is 4.91. The van der Waals surface area contributed by atoms with Crippen molar-refractivity contribution in [1.29, 1.82) is 0 Å². The number of nitrogens with one attached hydrogen (secondary N) is 1. The van der Waals surface area contributed by atoms with Crippen molar-refractivity contribution in [3.63, 3.8) is 0 Å². The minimum atomic E-state index is -0.351. The first-order valence-electron chi connectivity index (χ1n) is 7.64. The maximum atomic E-state index is 12.5. The third-order valence-electron chi connectivity index (χ3n) is 3.80. The maximum Gasteiger partial charge on any atom is 0.275 e. The summed E-state index contributed by atoms with van der Waals surface area (Å²) in [6.07, 6.45) is 0. The molecule has 0 aliphatic heterocycles. The van der Waals surface area contributed by atoms with E-state index in [9.17, 15) is 9.59 Å². The molecule has 0 saturated carbocycles. The van der Waals surface area contributed by atoms with E-state index in [0.717, 1.165) is 10.0 Å². The van der Waals surface area contributed by atoms with Crippen LogP contribution in [0.1, 0.15) is 10.5 Å². The van der Waals surface area contributed by atoms with Gasteiger partial charge in [0, 0.05) is 21.5 Å². The Morgan fingerprint density at radius 3 is 2.69 bits per heavy atom. The fourth-order valence-corrected chi connectivity index (χ4v) is 3.34. The van der Waals surface area contributed by atoms with Crippen molar-refractivity contribution in [2.75, 3.05) is 5.32 Å². The first-order valence-corrected chi connectivity index (χ1v) is 9.38. The van der Waals surface area contributed by atoms with Gasteiger partial charge in [-0.15, -0.1) is 11.3 Å². The molecule has 0 atom stereocenters. The van der Waals surface area contributed by atoms with Crippen molar-refractivity contribution in [3.8, 4) is 11.3 Å². The van der Waals surface area contributed by atoms with Crippen LogP contribution < -0.4 is 10.7 Å². The van der Waals surface area contributed by atoms with Crippen LogP contribution in [0.5, 0.6) is 0 Å². The Morgan fingerprint density at radius 1 is 1.15 bits per heavy atom. The van der Waals surface area contributed by atoms with E-state index in [1.165, 1.54) is 17.4 Å². The number of fused-ring (bicyclic) bond motifs is 1. The van der Waals surface area contributed by atoms with Gasteiger partial charge >= 0.3 is 0 Å². The van der Waals surface area contributed by atoms with Crippen LogP contribution in [-0.4, -0.2) is 10.9 Å². The average molecular weight is 427 g/mol. The molecule has 0 aliphatic carbocycles. The fourth-order valence-electron chi connectivity index (χ4n) is 2.54. The quantitative estimate of drug-likeness (QED) is 0.503. The molecule has 2 heterocycles. The molecule has 128 valence electrons. The van der Waals surface area contributed by atoms with E-state index in [2.05, 4.69) is 26.2 Å². The third kappa shape index (κ3) is 3.18. The summed E-state index contributed by atoms with van der Waals surface area (Å²) < 4.78 is 6.90. The number of hydrogen-bond acceptors (Lipinski definition) is 5. The fraction of sp³-hybridized carbons (Fsp3) is 0. The standard InChI is InChI=1S/C19H11BrN2O3S/c20-12-6-4-11(5-7-12)17-8-16(23)13-2-1-3-14(18(13)25-17)22-19(24)15-9-26-10-21-15/h1-10H,(H,22,24). The second-order valence-electron chi connectivity index (χ2n) is 5.49. The van der Waals surface area contributed by atoms with Crippen LogP contribution in [-0.2, 0) is 0 Å². The summed E-state index contributed by atoms with van der Waals surface area (Å²) in [6.45, 7) is 0. The van der Waals surface area contributed by atoms with Gasteiger partial charge in [-0.3, -0.25) is 9.59 Å². The van der Waals surface area contributed by atoms with E-state index in [4.69, 9.17) is 4.42 Å². The summed E-state index contributed by atoms with van der Waals surface area (Å²) in [5.41, 5.74) is 3.27. The van der Waals surface area contributed by atoms with Gasteiger partial charge in [0.2, 0.25) is 0 Å². The van der Waals surface area contributed by atoms with Crippen LogP contribution in [0.3, 0.4) is 0 Å². The molecule has 0 radical (unpaired) electrons. The number of thiazole rings is 1. The molecule has 0 saturated heterocycles. The van der Waals surface area contributed by atoms with Gasteiger partial charge in [0.25, 0.3) is 5.91 Å². The molecule has 1 amide bonds. The highest BCUT2D eigenvalue weighted by molar-refractivity contribution is 9.10. The number of hydrogen-bond donors (Lipinski definition) is 1. The Kier molecular flexibility index (Phi) is 4.40. The number of aromatic nitrogens is 1. The van der Waals surface area contributed by atoms with Gasteiger partial charge in [-0.1, -0.05) is 34.1 Å². The Morgan fingerprint density at radius 2 is 1.96 bits per heavy atom. The predicted molar refractivity (Wildman–Crippen MR) is 106 cm³/mol. The van der Waals surface area contributed by atoms with Gasteiger partial charge in [0.1, 0.15) is 11.5 Å². The molecule has 0 bridgehead atoms. The Bertz CT molecular complexity index is 1150. The highest BCUT2D eigenvalue weighted by Crippen LogP contribution is 2.28. The SMILES string of the molecule is O=C(Nc1cccc2c(=O)cc(-c3ccc(Br)cc3)oc12)c1cscn1.